The van der Waals surface area contributed by atoms with Crippen molar-refractivity contribution in [2.45, 2.75) is 0 Å². The third-order valence-electron chi connectivity index (χ3n) is 3.67. The van der Waals surface area contributed by atoms with Crippen molar-refractivity contribution in [3.63, 3.8) is 0 Å². The Morgan fingerprint density at radius 2 is 1.88 bits per heavy atom. The molecule has 0 amide bonds. The molecule has 2 aromatic rings. The van der Waals surface area contributed by atoms with Gasteiger partial charge in [0.2, 0.25) is 5.78 Å². The van der Waals surface area contributed by atoms with Crippen LogP contribution in [0.4, 0.5) is 0 Å². The monoisotopic (exact) mass is 342 g/mol. The van der Waals surface area contributed by atoms with Crippen molar-refractivity contribution in [3.8, 4) is 23.0 Å². The Bertz CT molecular complexity index is 825. The van der Waals surface area contributed by atoms with E-state index in [0.29, 0.717) is 28.6 Å². The number of hydrogen-bond donors (Lipinski definition) is 0. The lowest BCUT2D eigenvalue weighted by atomic mass is 10.1. The lowest BCUT2D eigenvalue weighted by Crippen LogP contribution is -2.01. The molecule has 0 atom stereocenters. The Labute approximate surface area is 145 Å². The summed E-state index contributed by atoms with van der Waals surface area (Å²) in [6, 6.07) is 10.6. The van der Waals surface area contributed by atoms with Crippen LogP contribution >= 0.6 is 0 Å². The molecule has 6 heteroatoms. The zero-order valence-electron chi connectivity index (χ0n) is 14.2. The zero-order chi connectivity index (χ0) is 17.8. The van der Waals surface area contributed by atoms with Crippen molar-refractivity contribution in [1.82, 2.24) is 0 Å². The molecular weight excluding hydrogens is 324 g/mol. The van der Waals surface area contributed by atoms with E-state index in [9.17, 15) is 4.79 Å². The number of methoxy groups -OCH3 is 3. The molecule has 2 aromatic carbocycles. The number of carbonyl (C=O) groups is 1. The highest BCUT2D eigenvalue weighted by Gasteiger charge is 2.32. The maximum Gasteiger partial charge on any atom is 0.235 e. The molecule has 0 saturated carbocycles. The predicted molar refractivity (Wildman–Crippen MR) is 91.4 cm³/mol. The van der Waals surface area contributed by atoms with Gasteiger partial charge < -0.3 is 23.7 Å². The first kappa shape index (κ1) is 16.9. The number of hydrogen-bond acceptors (Lipinski definition) is 6. The van der Waals surface area contributed by atoms with Crippen LogP contribution in [0, 0.1) is 0 Å². The minimum Gasteiger partial charge on any atom is -0.496 e. The summed E-state index contributed by atoms with van der Waals surface area (Å²) in [6.45, 7) is 0.151. The molecule has 130 valence electrons. The standard InChI is InChI=1S/C19H18O6/c1-21-11-24-13-6-4-5-12(7-13)8-17-19(20)18-15(23-3)9-14(22-2)10-16(18)25-17/h4-10H,11H2,1-3H3/b17-8-. The summed E-state index contributed by atoms with van der Waals surface area (Å²) in [5, 5.41) is 0. The molecule has 0 aromatic heterocycles. The Balaban J connectivity index is 1.92. The van der Waals surface area contributed by atoms with E-state index in [-0.39, 0.29) is 18.3 Å². The van der Waals surface area contributed by atoms with Crippen LogP contribution in [0.25, 0.3) is 6.08 Å². The fraction of sp³-hybridized carbons (Fsp3) is 0.211. The number of rotatable bonds is 6. The average molecular weight is 342 g/mol. The maximum absolute atomic E-state index is 12.7. The fourth-order valence-corrected chi connectivity index (χ4v) is 2.50. The number of ketones is 1. The molecular formula is C19H18O6. The Hall–Kier alpha value is -2.99. The summed E-state index contributed by atoms with van der Waals surface area (Å²) < 4.78 is 26.5. The molecule has 6 nitrogen and oxygen atoms in total. The number of ether oxygens (including phenoxy) is 5. The van der Waals surface area contributed by atoms with Crippen LogP contribution in [0.2, 0.25) is 0 Å². The number of benzene rings is 2. The predicted octanol–water partition coefficient (Wildman–Crippen LogP) is 3.30. The second-order valence-electron chi connectivity index (χ2n) is 5.27. The van der Waals surface area contributed by atoms with E-state index in [1.165, 1.54) is 7.11 Å². The molecule has 0 fully saturated rings. The number of allylic oxidation sites excluding steroid dienone is 1. The van der Waals surface area contributed by atoms with Gasteiger partial charge in [-0.1, -0.05) is 12.1 Å². The van der Waals surface area contributed by atoms with Crippen LogP contribution in [-0.4, -0.2) is 33.9 Å². The average Bonchev–Trinajstić information content (AvgIpc) is 2.95. The summed E-state index contributed by atoms with van der Waals surface area (Å²) in [4.78, 5) is 12.7. The van der Waals surface area contributed by atoms with Crippen LogP contribution in [0.1, 0.15) is 15.9 Å². The molecule has 3 rings (SSSR count). The van der Waals surface area contributed by atoms with Crippen LogP contribution in [0.15, 0.2) is 42.2 Å². The second-order valence-corrected chi connectivity index (χ2v) is 5.27. The van der Waals surface area contributed by atoms with Crippen molar-refractivity contribution in [1.29, 1.82) is 0 Å². The largest absolute Gasteiger partial charge is 0.496 e. The zero-order valence-corrected chi connectivity index (χ0v) is 14.2. The van der Waals surface area contributed by atoms with Gasteiger partial charge in [0.15, 0.2) is 12.6 Å². The van der Waals surface area contributed by atoms with E-state index in [1.54, 1.807) is 44.6 Å². The van der Waals surface area contributed by atoms with Crippen LogP contribution in [-0.2, 0) is 4.74 Å². The third-order valence-corrected chi connectivity index (χ3v) is 3.67. The molecule has 0 radical (unpaired) electrons. The smallest absolute Gasteiger partial charge is 0.235 e. The van der Waals surface area contributed by atoms with E-state index in [0.717, 1.165) is 5.56 Å². The van der Waals surface area contributed by atoms with Crippen molar-refractivity contribution >= 4 is 11.9 Å². The summed E-state index contributed by atoms with van der Waals surface area (Å²) in [6.07, 6.45) is 1.66. The first-order valence-electron chi connectivity index (χ1n) is 7.58. The summed E-state index contributed by atoms with van der Waals surface area (Å²) in [5.74, 6) is 2.00. The molecule has 0 spiro atoms. The molecule has 0 aliphatic carbocycles. The molecule has 0 unspecified atom stereocenters. The lowest BCUT2D eigenvalue weighted by molar-refractivity contribution is 0.0511. The van der Waals surface area contributed by atoms with E-state index < -0.39 is 0 Å². The van der Waals surface area contributed by atoms with E-state index in [1.807, 2.05) is 12.1 Å². The number of Topliss-reactive ketones (excluding diaryl/α,β-unsaturated/α-hetero) is 1. The van der Waals surface area contributed by atoms with Crippen molar-refractivity contribution < 1.29 is 28.5 Å². The van der Waals surface area contributed by atoms with Gasteiger partial charge in [0, 0.05) is 19.2 Å². The van der Waals surface area contributed by atoms with Gasteiger partial charge in [0.25, 0.3) is 0 Å². The van der Waals surface area contributed by atoms with Crippen molar-refractivity contribution in [3.05, 3.63) is 53.3 Å². The quantitative estimate of drug-likeness (QED) is 0.593. The minimum absolute atomic E-state index is 0.151. The molecule has 1 aliphatic rings. The highest BCUT2D eigenvalue weighted by atomic mass is 16.7. The van der Waals surface area contributed by atoms with E-state index >= 15 is 0 Å². The van der Waals surface area contributed by atoms with Gasteiger partial charge in [0.1, 0.15) is 28.6 Å². The number of carbonyl (C=O) groups excluding carboxylic acids is 1. The minimum atomic E-state index is -0.238. The van der Waals surface area contributed by atoms with Crippen molar-refractivity contribution in [2.75, 3.05) is 28.1 Å². The van der Waals surface area contributed by atoms with Gasteiger partial charge in [-0.15, -0.1) is 0 Å². The first-order valence-corrected chi connectivity index (χ1v) is 7.58. The van der Waals surface area contributed by atoms with Crippen LogP contribution in [0.5, 0.6) is 23.0 Å². The van der Waals surface area contributed by atoms with Crippen LogP contribution in [0.3, 0.4) is 0 Å². The highest BCUT2D eigenvalue weighted by molar-refractivity contribution is 6.16. The van der Waals surface area contributed by atoms with Crippen molar-refractivity contribution in [2.24, 2.45) is 0 Å². The van der Waals surface area contributed by atoms with Gasteiger partial charge in [-0.25, -0.2) is 0 Å². The molecule has 1 aliphatic heterocycles. The Kier molecular flexibility index (Phi) is 4.90. The van der Waals surface area contributed by atoms with E-state index in [4.69, 9.17) is 23.7 Å². The summed E-state index contributed by atoms with van der Waals surface area (Å²) in [5.41, 5.74) is 1.16. The fourth-order valence-electron chi connectivity index (χ4n) is 2.50. The normalized spacial score (nSPS) is 14.2. The van der Waals surface area contributed by atoms with Gasteiger partial charge in [-0.05, 0) is 23.8 Å². The second kappa shape index (κ2) is 7.27. The SMILES string of the molecule is COCOc1cccc(/C=C2\Oc3cc(OC)cc(OC)c3C2=O)c1. The third kappa shape index (κ3) is 3.44. The molecule has 0 bridgehead atoms. The van der Waals surface area contributed by atoms with Gasteiger partial charge >= 0.3 is 0 Å². The topological polar surface area (TPSA) is 63.2 Å². The molecule has 0 N–H and O–H groups in total. The highest BCUT2D eigenvalue weighted by Crippen LogP contribution is 2.41. The van der Waals surface area contributed by atoms with Crippen LogP contribution < -0.4 is 18.9 Å². The Morgan fingerprint density at radius 3 is 2.60 bits per heavy atom. The Morgan fingerprint density at radius 1 is 1.04 bits per heavy atom. The summed E-state index contributed by atoms with van der Waals surface area (Å²) in [7, 11) is 4.59. The van der Waals surface area contributed by atoms with Gasteiger partial charge in [-0.3, -0.25) is 4.79 Å². The maximum atomic E-state index is 12.7. The molecule has 0 saturated heterocycles. The van der Waals surface area contributed by atoms with E-state index in [2.05, 4.69) is 0 Å². The number of fused-ring (bicyclic) bond motifs is 1. The molecule has 25 heavy (non-hydrogen) atoms. The summed E-state index contributed by atoms with van der Waals surface area (Å²) >= 11 is 0. The molecule has 1 heterocycles. The van der Waals surface area contributed by atoms with Gasteiger partial charge in [-0.2, -0.15) is 0 Å². The lowest BCUT2D eigenvalue weighted by Gasteiger charge is -2.07. The first-order chi connectivity index (χ1) is 12.2. The van der Waals surface area contributed by atoms with Gasteiger partial charge in [0.05, 0.1) is 14.2 Å².